The van der Waals surface area contributed by atoms with Gasteiger partial charge >= 0.3 is 5.69 Å². The molecule has 0 unspecified atom stereocenters. The summed E-state index contributed by atoms with van der Waals surface area (Å²) in [6, 6.07) is 2.02. The van der Waals surface area contributed by atoms with Gasteiger partial charge in [0.05, 0.1) is 17.8 Å². The van der Waals surface area contributed by atoms with Crippen LogP contribution in [0.3, 0.4) is 0 Å². The monoisotopic (exact) mass is 466 g/mol. The topological polar surface area (TPSA) is 94.9 Å². The lowest BCUT2D eigenvalue weighted by Gasteiger charge is -2.35. The number of rotatable bonds is 6. The molecule has 0 bridgehead atoms. The number of hydrogen-bond donors (Lipinski definition) is 1. The Balaban J connectivity index is 1.44. The fraction of sp³-hybridized carbons (Fsp3) is 0.773. The molecule has 1 saturated carbocycles. The lowest BCUT2D eigenvalue weighted by Crippen LogP contribution is -2.43. The van der Waals surface area contributed by atoms with Crippen LogP contribution in [0.1, 0.15) is 72.4 Å². The Hall–Kier alpha value is -1.38. The average Bonchev–Trinajstić information content (AvgIpc) is 3.26. The minimum atomic E-state index is -1.16. The molecular formula is C22H35N4O5P. The summed E-state index contributed by atoms with van der Waals surface area (Å²) in [6.45, 7) is 7.84. The van der Waals surface area contributed by atoms with Gasteiger partial charge in [0.2, 0.25) is 5.91 Å². The molecule has 178 valence electrons. The first-order valence-corrected chi connectivity index (χ1v) is 12.8. The molecule has 6 atom stereocenters. The minimum absolute atomic E-state index is 0.123. The van der Waals surface area contributed by atoms with E-state index in [0.717, 1.165) is 19.3 Å². The zero-order chi connectivity index (χ0) is 23.0. The Bertz CT molecular complexity index is 895. The number of aromatic nitrogens is 2. The van der Waals surface area contributed by atoms with E-state index in [2.05, 4.69) is 35.9 Å². The van der Waals surface area contributed by atoms with Gasteiger partial charge in [-0.3, -0.25) is 9.36 Å². The molecule has 3 heterocycles. The van der Waals surface area contributed by atoms with E-state index in [9.17, 15) is 9.59 Å². The quantitative estimate of drug-likeness (QED) is 0.637. The summed E-state index contributed by atoms with van der Waals surface area (Å²) in [5.41, 5.74) is -0.596. The van der Waals surface area contributed by atoms with E-state index in [1.807, 2.05) is 0 Å². The van der Waals surface area contributed by atoms with Gasteiger partial charge in [-0.25, -0.2) is 9.46 Å². The molecule has 1 aromatic heterocycles. The zero-order valence-electron chi connectivity index (χ0n) is 19.6. The molecule has 32 heavy (non-hydrogen) atoms. The highest BCUT2D eigenvalue weighted by Gasteiger charge is 2.53. The Morgan fingerprint density at radius 2 is 2.22 bits per heavy atom. The van der Waals surface area contributed by atoms with Crippen molar-refractivity contribution in [1.82, 2.24) is 14.2 Å². The molecule has 3 aliphatic rings. The number of anilines is 1. The maximum absolute atomic E-state index is 12.6. The van der Waals surface area contributed by atoms with Crippen LogP contribution < -0.4 is 11.0 Å². The second-order valence-corrected chi connectivity index (χ2v) is 11.0. The third kappa shape index (κ3) is 4.64. The number of carbonyl (C=O) groups is 1. The highest BCUT2D eigenvalue weighted by molar-refractivity contribution is 7.45. The fourth-order valence-electron chi connectivity index (χ4n) is 4.86. The minimum Gasteiger partial charge on any atom is -0.352 e. The van der Waals surface area contributed by atoms with Gasteiger partial charge in [0.15, 0.2) is 0 Å². The van der Waals surface area contributed by atoms with Crippen molar-refractivity contribution >= 4 is 20.3 Å². The van der Waals surface area contributed by atoms with Gasteiger partial charge in [-0.15, -0.1) is 0 Å². The first kappa shape index (κ1) is 23.8. The molecule has 1 amide bonds. The second-order valence-electron chi connectivity index (χ2n) is 9.54. The second kappa shape index (κ2) is 9.47. The van der Waals surface area contributed by atoms with Crippen molar-refractivity contribution in [2.75, 3.05) is 12.4 Å². The molecule has 1 aliphatic carbocycles. The number of nitrogens with one attached hydrogen (secondary N) is 1. The largest absolute Gasteiger partial charge is 0.352 e. The van der Waals surface area contributed by atoms with Crippen LogP contribution in [0.25, 0.3) is 0 Å². The smallest absolute Gasteiger partial charge is 0.351 e. The van der Waals surface area contributed by atoms with E-state index in [1.54, 1.807) is 26.1 Å². The van der Waals surface area contributed by atoms with Crippen LogP contribution in [0.4, 0.5) is 5.82 Å². The lowest BCUT2D eigenvalue weighted by molar-refractivity contribution is -0.118. The molecule has 1 N–H and O–H groups in total. The molecule has 10 heteroatoms. The standard InChI is InChI=1S/C22H35N4O5P/c1-6-15-16(30-32-25(5)17-9-7-8-11-22(17,4)31-32)13-19(29-15)26-12-10-18(24-21(26)28)23-20(27)14(2)3/h10,12,14-17,19H,6-9,11,13H2,1-5H3,(H,23,24,27,28)/t15-,16-,17-,19-,22-,32-/m1/s1. The number of likely N-dealkylation sites (N-methyl/N-ethyl adjacent to an activating group) is 1. The fourth-order valence-corrected chi connectivity index (χ4v) is 6.79. The summed E-state index contributed by atoms with van der Waals surface area (Å²) in [6.07, 6.45) is 6.84. The lowest BCUT2D eigenvalue weighted by atomic mass is 9.82. The summed E-state index contributed by atoms with van der Waals surface area (Å²) in [7, 11) is 0.934. The number of hydrogen-bond acceptors (Lipinski definition) is 7. The van der Waals surface area contributed by atoms with E-state index >= 15 is 0 Å². The Morgan fingerprint density at radius 3 is 2.88 bits per heavy atom. The summed E-state index contributed by atoms with van der Waals surface area (Å²) in [5.74, 6) is -0.115. The molecule has 3 fully saturated rings. The van der Waals surface area contributed by atoms with E-state index < -0.39 is 20.4 Å². The van der Waals surface area contributed by atoms with Gasteiger partial charge in [-0.05, 0) is 39.3 Å². The number of fused-ring (bicyclic) bond motifs is 1. The van der Waals surface area contributed by atoms with E-state index in [0.29, 0.717) is 12.5 Å². The van der Waals surface area contributed by atoms with Crippen LogP contribution in [0.15, 0.2) is 17.1 Å². The average molecular weight is 467 g/mol. The normalized spacial score (nSPS) is 35.2. The summed E-state index contributed by atoms with van der Waals surface area (Å²) < 4.78 is 22.9. The maximum Gasteiger partial charge on any atom is 0.351 e. The van der Waals surface area contributed by atoms with Crippen molar-refractivity contribution in [3.8, 4) is 0 Å². The maximum atomic E-state index is 12.6. The van der Waals surface area contributed by atoms with Gasteiger partial charge < -0.3 is 19.1 Å². The summed E-state index contributed by atoms with van der Waals surface area (Å²) >= 11 is 0. The van der Waals surface area contributed by atoms with Crippen LogP contribution in [0.2, 0.25) is 0 Å². The summed E-state index contributed by atoms with van der Waals surface area (Å²) in [5, 5.41) is 2.66. The number of carbonyl (C=O) groups excluding carboxylic acids is 1. The molecule has 0 aromatic carbocycles. The van der Waals surface area contributed by atoms with Crippen molar-refractivity contribution in [1.29, 1.82) is 0 Å². The number of amides is 1. The predicted octanol–water partition coefficient (Wildman–Crippen LogP) is 3.81. The zero-order valence-corrected chi connectivity index (χ0v) is 20.5. The molecular weight excluding hydrogens is 431 g/mol. The molecule has 9 nitrogen and oxygen atoms in total. The van der Waals surface area contributed by atoms with Crippen molar-refractivity contribution in [2.24, 2.45) is 5.92 Å². The first-order chi connectivity index (χ1) is 15.2. The third-order valence-corrected chi connectivity index (χ3v) is 8.64. The van der Waals surface area contributed by atoms with Crippen LogP contribution in [-0.4, -0.2) is 51.0 Å². The molecule has 1 aromatic rings. The van der Waals surface area contributed by atoms with E-state index in [-0.39, 0.29) is 35.5 Å². The van der Waals surface area contributed by atoms with Gasteiger partial charge in [0.25, 0.3) is 8.53 Å². The van der Waals surface area contributed by atoms with Crippen molar-refractivity contribution < 1.29 is 18.6 Å². The van der Waals surface area contributed by atoms with Gasteiger partial charge in [-0.1, -0.05) is 33.6 Å². The molecule has 0 spiro atoms. The first-order valence-electron chi connectivity index (χ1n) is 11.7. The number of ether oxygens (including phenoxy) is 1. The van der Waals surface area contributed by atoms with Crippen LogP contribution in [0.5, 0.6) is 0 Å². The predicted molar refractivity (Wildman–Crippen MR) is 122 cm³/mol. The molecule has 2 saturated heterocycles. The molecule has 0 radical (unpaired) electrons. The molecule has 4 rings (SSSR count). The Morgan fingerprint density at radius 1 is 1.44 bits per heavy atom. The van der Waals surface area contributed by atoms with E-state index in [4.69, 9.17) is 13.8 Å². The Kier molecular flexibility index (Phi) is 7.03. The van der Waals surface area contributed by atoms with Crippen LogP contribution in [0, 0.1) is 5.92 Å². The van der Waals surface area contributed by atoms with Crippen molar-refractivity contribution in [3.05, 3.63) is 22.7 Å². The number of nitrogens with zero attached hydrogens (tertiary/aromatic N) is 3. The third-order valence-electron chi connectivity index (χ3n) is 6.83. The highest BCUT2D eigenvalue weighted by atomic mass is 31.2. The SMILES string of the molecule is CC[C@H]1O[C@@H](n2ccc(NC(=O)C(C)C)nc2=O)C[C@H]1O[P@]1O[C@]2(C)CCCC[C@H]2N1C. The highest BCUT2D eigenvalue weighted by Crippen LogP contribution is 2.60. The van der Waals surface area contributed by atoms with Crippen molar-refractivity contribution in [2.45, 2.75) is 96.3 Å². The molecule has 2 aliphatic heterocycles. The Labute approximate surface area is 190 Å². The van der Waals surface area contributed by atoms with Crippen LogP contribution in [-0.2, 0) is 18.6 Å². The van der Waals surface area contributed by atoms with Gasteiger partial charge in [0, 0.05) is 24.6 Å². The van der Waals surface area contributed by atoms with Gasteiger partial charge in [-0.2, -0.15) is 4.98 Å². The van der Waals surface area contributed by atoms with E-state index in [1.165, 1.54) is 17.4 Å². The van der Waals surface area contributed by atoms with Crippen molar-refractivity contribution in [3.63, 3.8) is 0 Å². The van der Waals surface area contributed by atoms with Gasteiger partial charge in [0.1, 0.15) is 12.0 Å². The van der Waals surface area contributed by atoms with Crippen LogP contribution >= 0.6 is 8.53 Å². The summed E-state index contributed by atoms with van der Waals surface area (Å²) in [4.78, 5) is 28.5.